The van der Waals surface area contributed by atoms with Crippen LogP contribution < -0.4 is 31.9 Å². The lowest BCUT2D eigenvalue weighted by atomic mass is 9.83. The van der Waals surface area contributed by atoms with Crippen molar-refractivity contribution in [1.29, 1.82) is 0 Å². The Bertz CT molecular complexity index is 2380. The van der Waals surface area contributed by atoms with Crippen LogP contribution in [0.4, 0.5) is 4.39 Å². The highest BCUT2D eigenvalue weighted by Gasteiger charge is 2.47. The Balaban J connectivity index is 1.36. The first-order chi connectivity index (χ1) is 32.6. The van der Waals surface area contributed by atoms with Gasteiger partial charge in [0.25, 0.3) is 0 Å². The Hall–Kier alpha value is -5.71. The third-order valence-electron chi connectivity index (χ3n) is 14.2. The van der Waals surface area contributed by atoms with E-state index in [-0.39, 0.29) is 61.2 Å². The van der Waals surface area contributed by atoms with Gasteiger partial charge in [0.15, 0.2) is 0 Å². The number of fused-ring (bicyclic) bond motifs is 2. The Morgan fingerprint density at radius 1 is 0.725 bits per heavy atom. The minimum atomic E-state index is -1.10. The molecule has 0 unspecified atom stereocenters. The summed E-state index contributed by atoms with van der Waals surface area (Å²) in [6.45, 7) is 14.1. The molecule has 374 valence electrons. The van der Waals surface area contributed by atoms with Gasteiger partial charge in [-0.3, -0.25) is 28.8 Å². The second-order valence-electron chi connectivity index (χ2n) is 21.2. The van der Waals surface area contributed by atoms with Crippen LogP contribution in [0.15, 0.2) is 66.7 Å². The number of nitrogens with one attached hydrogen (secondary N) is 6. The standard InChI is InChI=1S/C53H73FN8O7/c1-30(55-9)46(64)59-44(52(3,4)5)50(68)61-27-35-24-33(22-23-34(35)25-42(61)49(67)58-41(29-63)38-19-13-14-20-39(38)54)36-26-43(48(66)57-40-21-15-17-32-16-11-12-18-37(32)40)62(28-36)51(69)45(53(6,7)8)60-47(65)31(2)56-10/h11-14,16,18-20,22-24,30-31,36,40-45,55-56,63H,15,17,21,25-29H2,1-10H3,(H,57,66)(H,58,67)(H,59,64)(H,60,65)/t30-,31-,36-,40+,41-,42-,43-,44+,45+/m0/s1. The van der Waals surface area contributed by atoms with Gasteiger partial charge in [-0.05, 0) is 98.3 Å². The van der Waals surface area contributed by atoms with Crippen molar-refractivity contribution in [3.05, 3.63) is 106 Å². The number of likely N-dealkylation sites (N-methyl/N-ethyl adjacent to an activating group) is 2. The molecule has 1 aliphatic carbocycles. The molecule has 3 aromatic carbocycles. The molecule has 1 saturated heterocycles. The molecule has 0 bridgehead atoms. The van der Waals surface area contributed by atoms with E-state index in [1.165, 1.54) is 28.7 Å². The minimum absolute atomic E-state index is 0.0320. The monoisotopic (exact) mass is 953 g/mol. The highest BCUT2D eigenvalue weighted by atomic mass is 19.1. The van der Waals surface area contributed by atoms with Crippen molar-refractivity contribution in [2.45, 2.75) is 148 Å². The number of likely N-dealkylation sites (tertiary alicyclic amines) is 1. The quantitative estimate of drug-likeness (QED) is 0.117. The van der Waals surface area contributed by atoms with Crippen LogP contribution in [0.1, 0.15) is 126 Å². The fourth-order valence-corrected chi connectivity index (χ4v) is 9.74. The van der Waals surface area contributed by atoms with Gasteiger partial charge in [0, 0.05) is 31.0 Å². The lowest BCUT2D eigenvalue weighted by Crippen LogP contribution is -2.62. The van der Waals surface area contributed by atoms with Crippen molar-refractivity contribution in [2.75, 3.05) is 27.2 Å². The Morgan fingerprint density at radius 3 is 1.91 bits per heavy atom. The number of hydrogen-bond donors (Lipinski definition) is 7. The number of halogens is 1. The molecular formula is C53H73FN8O7. The number of hydrogen-bond acceptors (Lipinski definition) is 9. The van der Waals surface area contributed by atoms with Crippen LogP contribution in [0.5, 0.6) is 0 Å². The molecule has 16 heteroatoms. The number of amides is 6. The van der Waals surface area contributed by atoms with E-state index in [9.17, 15) is 38.3 Å². The maximum Gasteiger partial charge on any atom is 0.246 e. The molecule has 6 amide bonds. The zero-order chi connectivity index (χ0) is 50.5. The second kappa shape index (κ2) is 21.9. The van der Waals surface area contributed by atoms with Crippen LogP contribution in [0.3, 0.4) is 0 Å². The number of nitrogens with zero attached hydrogens (tertiary/aromatic N) is 2. The van der Waals surface area contributed by atoms with E-state index in [0.29, 0.717) is 0 Å². The number of carbonyl (C=O) groups is 6. The Labute approximate surface area is 406 Å². The summed E-state index contributed by atoms with van der Waals surface area (Å²) in [6, 6.07) is 13.2. The molecule has 0 saturated carbocycles. The molecule has 1 fully saturated rings. The summed E-state index contributed by atoms with van der Waals surface area (Å²) in [5, 5.41) is 28.2. The first-order valence-electron chi connectivity index (χ1n) is 24.3. The molecule has 2 heterocycles. The van der Waals surface area contributed by atoms with Crippen molar-refractivity contribution in [2.24, 2.45) is 10.8 Å². The van der Waals surface area contributed by atoms with E-state index in [0.717, 1.165) is 41.5 Å². The van der Waals surface area contributed by atoms with Crippen LogP contribution >= 0.6 is 0 Å². The third-order valence-corrected chi connectivity index (χ3v) is 14.2. The van der Waals surface area contributed by atoms with Gasteiger partial charge in [0.05, 0.1) is 30.8 Å². The molecule has 9 atom stereocenters. The summed E-state index contributed by atoms with van der Waals surface area (Å²) in [5.41, 5.74) is 3.17. The fourth-order valence-electron chi connectivity index (χ4n) is 9.74. The van der Waals surface area contributed by atoms with E-state index < -0.39 is 83.3 Å². The fraction of sp³-hybridized carbons (Fsp3) is 0.547. The summed E-state index contributed by atoms with van der Waals surface area (Å²) >= 11 is 0. The van der Waals surface area contributed by atoms with Crippen LogP contribution in [0.25, 0.3) is 0 Å². The third kappa shape index (κ3) is 12.0. The molecule has 3 aromatic rings. The molecule has 3 aliphatic rings. The van der Waals surface area contributed by atoms with Gasteiger partial charge in [-0.25, -0.2) is 4.39 Å². The molecule has 0 spiro atoms. The normalized spacial score (nSPS) is 21.4. The molecule has 7 N–H and O–H groups in total. The summed E-state index contributed by atoms with van der Waals surface area (Å²) in [4.78, 5) is 88.7. The molecule has 2 aliphatic heterocycles. The molecule has 15 nitrogen and oxygen atoms in total. The lowest BCUT2D eigenvalue weighted by Gasteiger charge is -2.41. The number of aryl methyl sites for hydroxylation is 1. The molecular weight excluding hydrogens is 880 g/mol. The van der Waals surface area contributed by atoms with Gasteiger partial charge in [-0.1, -0.05) is 102 Å². The van der Waals surface area contributed by atoms with Crippen LogP contribution in [0, 0.1) is 16.6 Å². The van der Waals surface area contributed by atoms with Gasteiger partial charge in [-0.2, -0.15) is 0 Å². The van der Waals surface area contributed by atoms with Gasteiger partial charge in [-0.15, -0.1) is 0 Å². The highest BCUT2D eigenvalue weighted by Crippen LogP contribution is 2.38. The summed E-state index contributed by atoms with van der Waals surface area (Å²) in [7, 11) is 3.31. The lowest BCUT2D eigenvalue weighted by molar-refractivity contribution is -0.147. The van der Waals surface area contributed by atoms with E-state index in [4.69, 9.17) is 0 Å². The average Bonchev–Trinajstić information content (AvgIpc) is 3.78. The Morgan fingerprint density at radius 2 is 1.32 bits per heavy atom. The first kappa shape index (κ1) is 52.7. The number of carbonyl (C=O) groups excluding carboxylic acids is 6. The summed E-state index contributed by atoms with van der Waals surface area (Å²) in [5.74, 6) is -3.42. The van der Waals surface area contributed by atoms with E-state index in [2.05, 4.69) is 38.0 Å². The first-order valence-corrected chi connectivity index (χ1v) is 24.3. The molecule has 0 radical (unpaired) electrons. The van der Waals surface area contributed by atoms with Crippen molar-refractivity contribution < 1.29 is 38.3 Å². The largest absolute Gasteiger partial charge is 0.394 e. The summed E-state index contributed by atoms with van der Waals surface area (Å²) in [6.07, 6.45) is 2.94. The predicted octanol–water partition coefficient (Wildman–Crippen LogP) is 4.08. The highest BCUT2D eigenvalue weighted by molar-refractivity contribution is 5.95. The molecule has 0 aromatic heterocycles. The van der Waals surface area contributed by atoms with E-state index >= 15 is 0 Å². The SMILES string of the molecule is CN[C@@H](C)C(=O)N[C@H](C(=O)N1Cc2cc([C@H]3C[C@@H](C(=O)N[C@@H]4CCCc5ccccc54)N(C(=O)[C@@H](NC(=O)[C@H](C)NC)C(C)(C)C)C3)ccc2C[C@H]1C(=O)N[C@@H](CO)c1ccccc1F)C(C)(C)C. The topological polar surface area (TPSA) is 201 Å². The maximum atomic E-state index is 15.0. The zero-order valence-electron chi connectivity index (χ0n) is 41.9. The number of aliphatic hydroxyl groups excluding tert-OH is 1. The van der Waals surface area contributed by atoms with E-state index in [1.54, 1.807) is 38.9 Å². The van der Waals surface area contributed by atoms with Gasteiger partial charge in [0.1, 0.15) is 30.0 Å². The number of rotatable bonds is 15. The van der Waals surface area contributed by atoms with Crippen molar-refractivity contribution in [3.63, 3.8) is 0 Å². The van der Waals surface area contributed by atoms with E-state index in [1.807, 2.05) is 77.9 Å². The van der Waals surface area contributed by atoms with Crippen molar-refractivity contribution >= 4 is 35.4 Å². The van der Waals surface area contributed by atoms with Crippen molar-refractivity contribution in [3.8, 4) is 0 Å². The smallest absolute Gasteiger partial charge is 0.246 e. The summed E-state index contributed by atoms with van der Waals surface area (Å²) < 4.78 is 15.0. The van der Waals surface area contributed by atoms with Crippen molar-refractivity contribution in [1.82, 2.24) is 41.7 Å². The van der Waals surface area contributed by atoms with Crippen LogP contribution in [-0.4, -0.2) is 114 Å². The van der Waals surface area contributed by atoms with Crippen LogP contribution in [-0.2, 0) is 48.2 Å². The number of benzene rings is 3. The number of aliphatic hydroxyl groups is 1. The van der Waals surface area contributed by atoms with Gasteiger partial charge >= 0.3 is 0 Å². The Kier molecular flexibility index (Phi) is 16.7. The predicted molar refractivity (Wildman–Crippen MR) is 262 cm³/mol. The van der Waals surface area contributed by atoms with Crippen LogP contribution in [0.2, 0.25) is 0 Å². The molecule has 69 heavy (non-hydrogen) atoms. The van der Waals surface area contributed by atoms with Gasteiger partial charge < -0.3 is 46.8 Å². The second-order valence-corrected chi connectivity index (χ2v) is 21.2. The van der Waals surface area contributed by atoms with Gasteiger partial charge in [0.2, 0.25) is 35.4 Å². The zero-order valence-corrected chi connectivity index (χ0v) is 41.9. The molecule has 6 rings (SSSR count). The average molecular weight is 953 g/mol. The minimum Gasteiger partial charge on any atom is -0.394 e. The maximum absolute atomic E-state index is 15.0.